The Bertz CT molecular complexity index is 714. The number of pyridine rings is 1. The van der Waals surface area contributed by atoms with Crippen molar-refractivity contribution in [2.45, 2.75) is 5.92 Å². The van der Waals surface area contributed by atoms with Crippen LogP contribution >= 0.6 is 15.9 Å². The predicted molar refractivity (Wildman–Crippen MR) is 90.2 cm³/mol. The van der Waals surface area contributed by atoms with Gasteiger partial charge in [0.1, 0.15) is 5.75 Å². The Labute approximate surface area is 132 Å². The third kappa shape index (κ3) is 3.42. The minimum absolute atomic E-state index is 0.331. The van der Waals surface area contributed by atoms with E-state index in [1.807, 2.05) is 36.4 Å². The van der Waals surface area contributed by atoms with Crippen molar-refractivity contribution in [2.75, 3.05) is 11.9 Å². The van der Waals surface area contributed by atoms with Crippen molar-refractivity contribution in [1.82, 2.24) is 4.98 Å². The first-order valence-electron chi connectivity index (χ1n) is 6.95. The summed E-state index contributed by atoms with van der Waals surface area (Å²) in [7, 11) is 0. The number of alkyl halides is 1. The van der Waals surface area contributed by atoms with Crippen molar-refractivity contribution in [2.24, 2.45) is 0 Å². The Hall–Kier alpha value is -1.87. The van der Waals surface area contributed by atoms with Crippen LogP contribution in [0.25, 0.3) is 10.9 Å². The molecule has 0 aliphatic rings. The molecule has 0 amide bonds. The molecule has 0 N–H and O–H groups in total. The van der Waals surface area contributed by atoms with Gasteiger partial charge in [-0.15, -0.1) is 0 Å². The first kappa shape index (κ1) is 14.1. The fourth-order valence-corrected chi connectivity index (χ4v) is 2.84. The maximum Gasteiger partial charge on any atom is 0.138 e. The van der Waals surface area contributed by atoms with E-state index in [0.717, 1.165) is 22.0 Å². The summed E-state index contributed by atoms with van der Waals surface area (Å²) in [5, 5.41) is 1.97. The second-order valence-electron chi connectivity index (χ2n) is 4.94. The highest BCUT2D eigenvalue weighted by Crippen LogP contribution is 2.22. The summed E-state index contributed by atoms with van der Waals surface area (Å²) >= 11 is 3.57. The highest BCUT2D eigenvalue weighted by Gasteiger charge is 2.11. The van der Waals surface area contributed by atoms with Gasteiger partial charge in [-0.2, -0.15) is 0 Å². The molecule has 2 nitrogen and oxygen atoms in total. The van der Waals surface area contributed by atoms with Gasteiger partial charge in [0, 0.05) is 16.6 Å². The van der Waals surface area contributed by atoms with Crippen LogP contribution in [-0.2, 0) is 0 Å². The SMILES string of the molecule is BrCC(COc1cnc2ccccc2c1)c1ccccc1. The lowest BCUT2D eigenvalue weighted by Gasteiger charge is -2.15. The molecule has 2 aromatic carbocycles. The second-order valence-corrected chi connectivity index (χ2v) is 5.58. The van der Waals surface area contributed by atoms with E-state index in [1.54, 1.807) is 6.20 Å². The summed E-state index contributed by atoms with van der Waals surface area (Å²) in [6.07, 6.45) is 1.79. The molecule has 0 fully saturated rings. The van der Waals surface area contributed by atoms with Crippen LogP contribution in [0.1, 0.15) is 11.5 Å². The maximum absolute atomic E-state index is 5.93. The fraction of sp³-hybridized carbons (Fsp3) is 0.167. The van der Waals surface area contributed by atoms with E-state index in [4.69, 9.17) is 4.74 Å². The second kappa shape index (κ2) is 6.72. The van der Waals surface area contributed by atoms with E-state index in [1.165, 1.54) is 5.56 Å². The molecule has 21 heavy (non-hydrogen) atoms. The normalized spacial score (nSPS) is 12.2. The molecule has 1 aromatic heterocycles. The molecule has 106 valence electrons. The van der Waals surface area contributed by atoms with E-state index in [9.17, 15) is 0 Å². The van der Waals surface area contributed by atoms with Crippen molar-refractivity contribution in [3.8, 4) is 5.75 Å². The average Bonchev–Trinajstić information content (AvgIpc) is 2.56. The summed E-state index contributed by atoms with van der Waals surface area (Å²) in [6, 6.07) is 20.5. The Morgan fingerprint density at radius 2 is 1.76 bits per heavy atom. The van der Waals surface area contributed by atoms with Crippen molar-refractivity contribution in [1.29, 1.82) is 0 Å². The first-order valence-corrected chi connectivity index (χ1v) is 8.07. The number of nitrogens with zero attached hydrogens (tertiary/aromatic N) is 1. The van der Waals surface area contributed by atoms with Crippen molar-refractivity contribution >= 4 is 26.8 Å². The molecule has 0 radical (unpaired) electrons. The van der Waals surface area contributed by atoms with Crippen LogP contribution < -0.4 is 4.74 Å². The van der Waals surface area contributed by atoms with Crippen molar-refractivity contribution < 1.29 is 4.74 Å². The van der Waals surface area contributed by atoms with E-state index in [2.05, 4.69) is 45.2 Å². The van der Waals surface area contributed by atoms with Crippen LogP contribution in [0.3, 0.4) is 0 Å². The molecule has 0 bridgehead atoms. The van der Waals surface area contributed by atoms with Gasteiger partial charge in [0.2, 0.25) is 0 Å². The third-order valence-electron chi connectivity index (χ3n) is 3.47. The van der Waals surface area contributed by atoms with Gasteiger partial charge in [-0.1, -0.05) is 64.5 Å². The predicted octanol–water partition coefficient (Wildman–Crippen LogP) is 4.79. The molecule has 1 atom stereocenters. The van der Waals surface area contributed by atoms with Crippen LogP contribution in [0.15, 0.2) is 66.9 Å². The molecular formula is C18H16BrNO. The molecule has 0 aliphatic heterocycles. The molecule has 0 saturated carbocycles. The van der Waals surface area contributed by atoms with Crippen LogP contribution in [0, 0.1) is 0 Å². The number of hydrogen-bond acceptors (Lipinski definition) is 2. The minimum atomic E-state index is 0.331. The number of hydrogen-bond donors (Lipinski definition) is 0. The summed E-state index contributed by atoms with van der Waals surface area (Å²) in [5.41, 5.74) is 2.27. The van der Waals surface area contributed by atoms with E-state index < -0.39 is 0 Å². The van der Waals surface area contributed by atoms with Crippen molar-refractivity contribution in [3.05, 3.63) is 72.4 Å². The highest BCUT2D eigenvalue weighted by atomic mass is 79.9. The molecular weight excluding hydrogens is 326 g/mol. The third-order valence-corrected chi connectivity index (χ3v) is 4.26. The Kier molecular flexibility index (Phi) is 4.51. The van der Waals surface area contributed by atoms with Crippen LogP contribution in [0.5, 0.6) is 5.75 Å². The van der Waals surface area contributed by atoms with Crippen LogP contribution in [0.2, 0.25) is 0 Å². The average molecular weight is 342 g/mol. The summed E-state index contributed by atoms with van der Waals surface area (Å²) in [6.45, 7) is 0.634. The van der Waals surface area contributed by atoms with E-state index in [-0.39, 0.29) is 0 Å². The molecule has 3 aromatic rings. The Morgan fingerprint density at radius 1 is 1.00 bits per heavy atom. The van der Waals surface area contributed by atoms with Crippen LogP contribution in [-0.4, -0.2) is 16.9 Å². The molecule has 0 saturated heterocycles. The molecule has 3 rings (SSSR count). The number of aromatic nitrogens is 1. The lowest BCUT2D eigenvalue weighted by molar-refractivity contribution is 0.297. The van der Waals surface area contributed by atoms with E-state index >= 15 is 0 Å². The molecule has 1 unspecified atom stereocenters. The largest absolute Gasteiger partial charge is 0.491 e. The summed E-state index contributed by atoms with van der Waals surface area (Å²) in [4.78, 5) is 4.42. The zero-order valence-corrected chi connectivity index (χ0v) is 13.2. The molecule has 1 heterocycles. The maximum atomic E-state index is 5.93. The number of ether oxygens (including phenoxy) is 1. The van der Waals surface area contributed by atoms with Gasteiger partial charge >= 0.3 is 0 Å². The molecule has 0 aliphatic carbocycles. The topological polar surface area (TPSA) is 22.1 Å². The van der Waals surface area contributed by atoms with Gasteiger partial charge in [0.05, 0.1) is 18.3 Å². The monoisotopic (exact) mass is 341 g/mol. The van der Waals surface area contributed by atoms with E-state index in [0.29, 0.717) is 12.5 Å². The number of benzene rings is 2. The fourth-order valence-electron chi connectivity index (χ4n) is 2.28. The molecule has 0 spiro atoms. The minimum Gasteiger partial charge on any atom is -0.491 e. The number of rotatable bonds is 5. The quantitative estimate of drug-likeness (QED) is 0.622. The number of para-hydroxylation sites is 1. The molecule has 3 heteroatoms. The smallest absolute Gasteiger partial charge is 0.138 e. The van der Waals surface area contributed by atoms with Gasteiger partial charge in [0.15, 0.2) is 0 Å². The van der Waals surface area contributed by atoms with Gasteiger partial charge in [0.25, 0.3) is 0 Å². The Morgan fingerprint density at radius 3 is 2.57 bits per heavy atom. The first-order chi connectivity index (χ1) is 10.4. The summed E-state index contributed by atoms with van der Waals surface area (Å²) in [5.74, 6) is 1.15. The summed E-state index contributed by atoms with van der Waals surface area (Å²) < 4.78 is 5.93. The number of halogens is 1. The van der Waals surface area contributed by atoms with Gasteiger partial charge < -0.3 is 4.74 Å². The van der Waals surface area contributed by atoms with Gasteiger partial charge in [-0.05, 0) is 17.7 Å². The standard InChI is InChI=1S/C18H16BrNO/c19-11-16(14-6-2-1-3-7-14)13-21-17-10-15-8-4-5-9-18(15)20-12-17/h1-10,12,16H,11,13H2. The zero-order valence-electron chi connectivity index (χ0n) is 11.6. The lowest BCUT2D eigenvalue weighted by atomic mass is 10.0. The van der Waals surface area contributed by atoms with Gasteiger partial charge in [-0.25, -0.2) is 0 Å². The Balaban J connectivity index is 1.73. The lowest BCUT2D eigenvalue weighted by Crippen LogP contribution is -2.11. The van der Waals surface area contributed by atoms with Gasteiger partial charge in [-0.3, -0.25) is 4.98 Å². The number of fused-ring (bicyclic) bond motifs is 1. The zero-order chi connectivity index (χ0) is 14.5. The highest BCUT2D eigenvalue weighted by molar-refractivity contribution is 9.09. The van der Waals surface area contributed by atoms with Crippen molar-refractivity contribution in [3.63, 3.8) is 0 Å². The van der Waals surface area contributed by atoms with Crippen LogP contribution in [0.4, 0.5) is 0 Å².